The lowest BCUT2D eigenvalue weighted by molar-refractivity contribution is 0.325. The summed E-state index contributed by atoms with van der Waals surface area (Å²) in [4.78, 5) is 0. The monoisotopic (exact) mass is 259 g/mol. The van der Waals surface area contributed by atoms with Crippen molar-refractivity contribution in [2.24, 2.45) is 0 Å². The van der Waals surface area contributed by atoms with Crippen LogP contribution in [0.4, 0.5) is 0 Å². The highest BCUT2D eigenvalue weighted by Gasteiger charge is 2.27. The first-order valence-electron chi connectivity index (χ1n) is 4.59. The summed E-state index contributed by atoms with van der Waals surface area (Å²) in [5.74, 6) is 0.654. The van der Waals surface area contributed by atoms with Crippen LogP contribution in [-0.2, 0) is 10.0 Å². The summed E-state index contributed by atoms with van der Waals surface area (Å²) in [6.45, 7) is 3.50. The number of halogens is 1. The van der Waals surface area contributed by atoms with Gasteiger partial charge in [-0.15, -0.1) is 0 Å². The summed E-state index contributed by atoms with van der Waals surface area (Å²) in [5.41, 5.74) is 0.748. The van der Waals surface area contributed by atoms with E-state index in [0.717, 1.165) is 11.0 Å². The molecule has 0 bridgehead atoms. The van der Waals surface area contributed by atoms with Crippen LogP contribution in [0.1, 0.15) is 11.6 Å². The van der Waals surface area contributed by atoms with Crippen LogP contribution in [0, 0.1) is 0 Å². The van der Waals surface area contributed by atoms with E-state index in [1.165, 1.54) is 0 Å². The minimum atomic E-state index is -3.47. The van der Waals surface area contributed by atoms with E-state index >= 15 is 0 Å². The lowest BCUT2D eigenvalue weighted by Crippen LogP contribution is -2.27. The van der Waals surface area contributed by atoms with Gasteiger partial charge >= 0.3 is 0 Å². The second-order valence-corrected chi connectivity index (χ2v) is 5.47. The minimum absolute atomic E-state index is 0.267. The average Bonchev–Trinajstić information content (AvgIpc) is 2.61. The van der Waals surface area contributed by atoms with Gasteiger partial charge in [0, 0.05) is 16.0 Å². The van der Waals surface area contributed by atoms with Crippen molar-refractivity contribution in [3.05, 3.63) is 40.8 Å². The maximum Gasteiger partial charge on any atom is 0.233 e. The summed E-state index contributed by atoms with van der Waals surface area (Å²) in [6.07, 6.45) is 0. The molecule has 0 spiro atoms. The van der Waals surface area contributed by atoms with Gasteiger partial charge in [0.05, 0.1) is 6.04 Å². The number of rotatable bonds is 3. The zero-order valence-corrected chi connectivity index (χ0v) is 9.88. The van der Waals surface area contributed by atoms with Crippen LogP contribution in [-0.4, -0.2) is 15.0 Å². The van der Waals surface area contributed by atoms with Gasteiger partial charge in [0.2, 0.25) is 10.0 Å². The first kappa shape index (κ1) is 11.4. The quantitative estimate of drug-likeness (QED) is 0.901. The molecule has 0 aromatic heterocycles. The van der Waals surface area contributed by atoms with Crippen LogP contribution in [0.2, 0.25) is 5.02 Å². The molecule has 1 atom stereocenters. The summed E-state index contributed by atoms with van der Waals surface area (Å²) in [6, 6.07) is 4.71. The summed E-state index contributed by atoms with van der Waals surface area (Å²) in [5, 5.41) is 1.42. The number of hydrogen-bond donors (Lipinski definition) is 1. The van der Waals surface area contributed by atoms with E-state index in [1.54, 1.807) is 18.2 Å². The first-order valence-corrected chi connectivity index (χ1v) is 6.51. The van der Waals surface area contributed by atoms with Gasteiger partial charge in [-0.05, 0) is 18.2 Å². The predicted octanol–water partition coefficient (Wildman–Crippen LogP) is 1.84. The van der Waals surface area contributed by atoms with Crippen LogP contribution < -0.4 is 9.46 Å². The number of ether oxygens (including phenoxy) is 1. The molecule has 0 radical (unpaired) electrons. The van der Waals surface area contributed by atoms with Crippen molar-refractivity contribution >= 4 is 21.6 Å². The molecular formula is C10H10ClNO3S. The van der Waals surface area contributed by atoms with Crippen molar-refractivity contribution in [3.8, 4) is 5.75 Å². The van der Waals surface area contributed by atoms with Crippen molar-refractivity contribution in [1.82, 2.24) is 4.72 Å². The van der Waals surface area contributed by atoms with E-state index in [0.29, 0.717) is 10.8 Å². The van der Waals surface area contributed by atoms with E-state index in [9.17, 15) is 8.42 Å². The van der Waals surface area contributed by atoms with E-state index in [1.807, 2.05) is 0 Å². The van der Waals surface area contributed by atoms with Crippen molar-refractivity contribution in [2.45, 2.75) is 6.04 Å². The molecule has 0 saturated heterocycles. The molecule has 16 heavy (non-hydrogen) atoms. The van der Waals surface area contributed by atoms with Crippen molar-refractivity contribution in [3.63, 3.8) is 0 Å². The van der Waals surface area contributed by atoms with Crippen LogP contribution in [0.25, 0.3) is 0 Å². The lowest BCUT2D eigenvalue weighted by Gasteiger charge is -2.09. The highest BCUT2D eigenvalue weighted by atomic mass is 35.5. The normalized spacial score (nSPS) is 18.9. The molecular weight excluding hydrogens is 250 g/mol. The Morgan fingerprint density at radius 3 is 3.00 bits per heavy atom. The molecule has 2 rings (SSSR count). The largest absolute Gasteiger partial charge is 0.491 e. The molecule has 6 heteroatoms. The van der Waals surface area contributed by atoms with E-state index in [2.05, 4.69) is 11.3 Å². The predicted molar refractivity (Wildman–Crippen MR) is 61.9 cm³/mol. The van der Waals surface area contributed by atoms with E-state index in [-0.39, 0.29) is 6.61 Å². The third-order valence-electron chi connectivity index (χ3n) is 2.28. The molecule has 0 fully saturated rings. The van der Waals surface area contributed by atoms with Gasteiger partial charge < -0.3 is 4.74 Å². The number of sulfonamides is 1. The van der Waals surface area contributed by atoms with Gasteiger partial charge in [0.1, 0.15) is 12.4 Å². The van der Waals surface area contributed by atoms with Crippen LogP contribution in [0.5, 0.6) is 5.75 Å². The van der Waals surface area contributed by atoms with Crippen LogP contribution in [0.3, 0.4) is 0 Å². The molecule has 1 heterocycles. The second kappa shape index (κ2) is 4.08. The van der Waals surface area contributed by atoms with Crippen molar-refractivity contribution in [1.29, 1.82) is 0 Å². The van der Waals surface area contributed by atoms with Gasteiger partial charge in [0.15, 0.2) is 0 Å². The Kier molecular flexibility index (Phi) is 2.92. The Morgan fingerprint density at radius 2 is 2.31 bits per heavy atom. The number of hydrogen-bond acceptors (Lipinski definition) is 3. The Labute approximate surface area is 98.9 Å². The fourth-order valence-corrected chi connectivity index (χ4v) is 2.40. The third kappa shape index (κ3) is 2.21. The molecule has 1 aromatic carbocycles. The Morgan fingerprint density at radius 1 is 1.56 bits per heavy atom. The molecule has 0 aliphatic carbocycles. The van der Waals surface area contributed by atoms with Crippen molar-refractivity contribution < 1.29 is 13.2 Å². The number of nitrogens with one attached hydrogen (secondary N) is 1. The Hall–Kier alpha value is -1.04. The zero-order chi connectivity index (χ0) is 11.8. The highest BCUT2D eigenvalue weighted by molar-refractivity contribution is 7.92. The fraction of sp³-hybridized carbons (Fsp3) is 0.200. The topological polar surface area (TPSA) is 55.4 Å². The molecule has 1 aromatic rings. The smallest absolute Gasteiger partial charge is 0.233 e. The SMILES string of the molecule is C=CS(=O)(=O)NC1COc2ccc(Cl)cc21. The maximum absolute atomic E-state index is 11.3. The standard InChI is InChI=1S/C10H10ClNO3S/c1-2-16(13,14)12-9-6-15-10-4-3-7(11)5-8(9)10/h2-5,9,12H,1,6H2. The zero-order valence-electron chi connectivity index (χ0n) is 8.31. The summed E-state index contributed by atoms with van der Waals surface area (Å²) < 4.78 is 30.5. The molecule has 1 N–H and O–H groups in total. The van der Waals surface area contributed by atoms with Gasteiger partial charge in [-0.3, -0.25) is 0 Å². The molecule has 1 aliphatic rings. The van der Waals surface area contributed by atoms with Gasteiger partial charge in [-0.2, -0.15) is 0 Å². The minimum Gasteiger partial charge on any atom is -0.491 e. The Bertz CT molecular complexity index is 527. The lowest BCUT2D eigenvalue weighted by atomic mass is 10.1. The second-order valence-electron chi connectivity index (χ2n) is 3.38. The maximum atomic E-state index is 11.3. The van der Waals surface area contributed by atoms with E-state index in [4.69, 9.17) is 16.3 Å². The van der Waals surface area contributed by atoms with Crippen LogP contribution in [0.15, 0.2) is 30.2 Å². The molecule has 4 nitrogen and oxygen atoms in total. The summed E-state index contributed by atoms with van der Waals surface area (Å²) >= 11 is 5.84. The fourth-order valence-electron chi connectivity index (χ4n) is 1.53. The molecule has 86 valence electrons. The summed E-state index contributed by atoms with van der Waals surface area (Å²) in [7, 11) is -3.47. The Balaban J connectivity index is 2.30. The number of fused-ring (bicyclic) bond motifs is 1. The van der Waals surface area contributed by atoms with Crippen LogP contribution >= 0.6 is 11.6 Å². The third-order valence-corrected chi connectivity index (χ3v) is 3.57. The molecule has 1 aliphatic heterocycles. The molecule has 0 amide bonds. The van der Waals surface area contributed by atoms with Gasteiger partial charge in [-0.1, -0.05) is 18.2 Å². The number of benzene rings is 1. The van der Waals surface area contributed by atoms with Gasteiger partial charge in [0.25, 0.3) is 0 Å². The molecule has 1 unspecified atom stereocenters. The first-order chi connectivity index (χ1) is 7.52. The molecule has 0 saturated carbocycles. The average molecular weight is 260 g/mol. The highest BCUT2D eigenvalue weighted by Crippen LogP contribution is 2.34. The van der Waals surface area contributed by atoms with Crippen molar-refractivity contribution in [2.75, 3.05) is 6.61 Å². The van der Waals surface area contributed by atoms with Gasteiger partial charge in [-0.25, -0.2) is 13.1 Å². The van der Waals surface area contributed by atoms with E-state index < -0.39 is 16.1 Å².